The van der Waals surface area contributed by atoms with Gasteiger partial charge in [-0.1, -0.05) is 0 Å². The van der Waals surface area contributed by atoms with Crippen molar-refractivity contribution in [3.8, 4) is 0 Å². The van der Waals surface area contributed by atoms with Crippen LogP contribution >= 0.6 is 11.3 Å². The summed E-state index contributed by atoms with van der Waals surface area (Å²) in [4.78, 5) is 22.9. The van der Waals surface area contributed by atoms with E-state index >= 15 is 0 Å². The van der Waals surface area contributed by atoms with Gasteiger partial charge in [0.25, 0.3) is 0 Å². The molecule has 0 saturated heterocycles. The molecule has 0 aliphatic carbocycles. The van der Waals surface area contributed by atoms with E-state index in [1.807, 2.05) is 16.8 Å². The molecule has 1 aromatic heterocycles. The van der Waals surface area contributed by atoms with Crippen LogP contribution in [-0.2, 0) is 9.53 Å². The van der Waals surface area contributed by atoms with E-state index < -0.39 is 11.9 Å². The van der Waals surface area contributed by atoms with Gasteiger partial charge in [-0.05, 0) is 46.7 Å². The van der Waals surface area contributed by atoms with E-state index in [9.17, 15) is 14.0 Å². The van der Waals surface area contributed by atoms with Crippen LogP contribution in [0.5, 0.6) is 0 Å². The number of hydrogen-bond acceptors (Lipinski definition) is 4. The molecule has 0 radical (unpaired) electrons. The zero-order chi connectivity index (χ0) is 15.9. The Bertz CT molecular complexity index is 699. The van der Waals surface area contributed by atoms with E-state index in [1.165, 1.54) is 36.7 Å². The molecule has 0 spiro atoms. The molecule has 7 heteroatoms. The van der Waals surface area contributed by atoms with E-state index in [4.69, 9.17) is 0 Å². The maximum Gasteiger partial charge on any atom is 0.411 e. The van der Waals surface area contributed by atoms with Crippen molar-refractivity contribution >= 4 is 40.8 Å². The number of amides is 2. The second-order valence-electron chi connectivity index (χ2n) is 4.19. The van der Waals surface area contributed by atoms with Crippen molar-refractivity contribution in [1.29, 1.82) is 0 Å². The van der Waals surface area contributed by atoms with Gasteiger partial charge >= 0.3 is 6.09 Å². The Labute approximate surface area is 130 Å². The van der Waals surface area contributed by atoms with Gasteiger partial charge in [-0.3, -0.25) is 10.1 Å². The zero-order valence-corrected chi connectivity index (χ0v) is 12.4. The number of hydrogen-bond donors (Lipinski definition) is 2. The van der Waals surface area contributed by atoms with Crippen molar-refractivity contribution in [2.75, 3.05) is 17.7 Å². The molecule has 0 fully saturated rings. The fourth-order valence-corrected chi connectivity index (χ4v) is 2.21. The largest absolute Gasteiger partial charge is 0.453 e. The number of methoxy groups -OCH3 is 1. The summed E-state index contributed by atoms with van der Waals surface area (Å²) in [5.41, 5.74) is 1.20. The van der Waals surface area contributed by atoms with E-state index in [-0.39, 0.29) is 11.6 Å². The molecular weight excluding hydrogens is 307 g/mol. The lowest BCUT2D eigenvalue weighted by Crippen LogP contribution is -2.13. The molecule has 0 aliphatic rings. The Morgan fingerprint density at radius 1 is 1.27 bits per heavy atom. The molecule has 2 N–H and O–H groups in total. The standard InChI is InChI=1S/C15H13FN2O3S/c1-21-15(20)18-13-8-11(3-4-12(13)16)17-14(19)5-2-10-6-7-22-9-10/h2-9H,1H3,(H,17,19)(H,18,20). The minimum atomic E-state index is -0.792. The van der Waals surface area contributed by atoms with Crippen molar-refractivity contribution in [2.45, 2.75) is 0 Å². The highest BCUT2D eigenvalue weighted by atomic mass is 32.1. The number of halogens is 1. The molecule has 114 valence electrons. The Morgan fingerprint density at radius 3 is 2.77 bits per heavy atom. The molecular formula is C15H13FN2O3S. The molecule has 2 rings (SSSR count). The minimum absolute atomic E-state index is 0.0773. The summed E-state index contributed by atoms with van der Waals surface area (Å²) >= 11 is 1.53. The normalized spacial score (nSPS) is 10.5. The van der Waals surface area contributed by atoms with Gasteiger partial charge in [0.15, 0.2) is 0 Å². The number of anilines is 2. The summed E-state index contributed by atoms with van der Waals surface area (Å²) < 4.78 is 17.9. The fourth-order valence-electron chi connectivity index (χ4n) is 1.59. The van der Waals surface area contributed by atoms with Gasteiger partial charge in [-0.15, -0.1) is 0 Å². The lowest BCUT2D eigenvalue weighted by Gasteiger charge is -2.08. The second kappa shape index (κ2) is 7.37. The smallest absolute Gasteiger partial charge is 0.411 e. The summed E-state index contributed by atoms with van der Waals surface area (Å²) in [6, 6.07) is 5.73. The number of thiophene rings is 1. The predicted molar refractivity (Wildman–Crippen MR) is 84.4 cm³/mol. The van der Waals surface area contributed by atoms with Crippen LogP contribution in [0.4, 0.5) is 20.6 Å². The van der Waals surface area contributed by atoms with Crippen molar-refractivity contribution in [3.63, 3.8) is 0 Å². The quantitative estimate of drug-likeness (QED) is 0.844. The summed E-state index contributed by atoms with van der Waals surface area (Å²) in [5, 5.41) is 8.61. The van der Waals surface area contributed by atoms with Gasteiger partial charge < -0.3 is 10.1 Å². The molecule has 0 bridgehead atoms. The summed E-state index contributed by atoms with van der Waals surface area (Å²) in [7, 11) is 1.17. The van der Waals surface area contributed by atoms with E-state index in [0.717, 1.165) is 11.6 Å². The van der Waals surface area contributed by atoms with Crippen molar-refractivity contribution < 1.29 is 18.7 Å². The summed E-state index contributed by atoms with van der Waals surface area (Å²) in [5.74, 6) is -0.987. The maximum absolute atomic E-state index is 13.5. The lowest BCUT2D eigenvalue weighted by atomic mass is 10.2. The van der Waals surface area contributed by atoms with E-state index in [1.54, 1.807) is 6.08 Å². The molecule has 0 saturated carbocycles. The highest BCUT2D eigenvalue weighted by Crippen LogP contribution is 2.20. The number of carbonyl (C=O) groups excluding carboxylic acids is 2. The number of nitrogens with one attached hydrogen (secondary N) is 2. The molecule has 0 atom stereocenters. The minimum Gasteiger partial charge on any atom is -0.453 e. The van der Waals surface area contributed by atoms with Gasteiger partial charge in [0.2, 0.25) is 5.91 Å². The van der Waals surface area contributed by atoms with E-state index in [2.05, 4.69) is 15.4 Å². The molecule has 2 aromatic rings. The van der Waals surface area contributed by atoms with Crippen molar-refractivity contribution in [3.05, 3.63) is 52.5 Å². The van der Waals surface area contributed by atoms with Crippen molar-refractivity contribution in [2.24, 2.45) is 0 Å². The Morgan fingerprint density at radius 2 is 2.09 bits per heavy atom. The highest BCUT2D eigenvalue weighted by molar-refractivity contribution is 7.08. The second-order valence-corrected chi connectivity index (χ2v) is 4.97. The SMILES string of the molecule is COC(=O)Nc1cc(NC(=O)C=Cc2ccsc2)ccc1F. The molecule has 1 heterocycles. The molecule has 1 aromatic carbocycles. The van der Waals surface area contributed by atoms with Gasteiger partial charge in [0, 0.05) is 11.8 Å². The first-order valence-electron chi connectivity index (χ1n) is 6.24. The molecule has 5 nitrogen and oxygen atoms in total. The first-order valence-corrected chi connectivity index (χ1v) is 7.18. The predicted octanol–water partition coefficient (Wildman–Crippen LogP) is 3.72. The molecule has 2 amide bonds. The molecule has 0 unspecified atom stereocenters. The van der Waals surface area contributed by atoms with Crippen LogP contribution in [0.2, 0.25) is 0 Å². The van der Waals surface area contributed by atoms with Crippen molar-refractivity contribution in [1.82, 2.24) is 0 Å². The average molecular weight is 320 g/mol. The first kappa shape index (κ1) is 15.7. The van der Waals surface area contributed by atoms with Gasteiger partial charge in [0.1, 0.15) is 5.82 Å². The topological polar surface area (TPSA) is 67.4 Å². The van der Waals surface area contributed by atoms with Crippen LogP contribution in [0, 0.1) is 5.82 Å². The first-order chi connectivity index (χ1) is 10.6. The number of rotatable bonds is 4. The maximum atomic E-state index is 13.5. The van der Waals surface area contributed by atoms with Crippen LogP contribution in [-0.4, -0.2) is 19.1 Å². The number of ether oxygens (including phenoxy) is 1. The van der Waals surface area contributed by atoms with Crippen LogP contribution in [0.15, 0.2) is 41.1 Å². The van der Waals surface area contributed by atoms with Crippen LogP contribution in [0.3, 0.4) is 0 Å². The third-order valence-electron chi connectivity index (χ3n) is 2.63. The van der Waals surface area contributed by atoms with Gasteiger partial charge in [-0.25, -0.2) is 9.18 Å². The Kier molecular flexibility index (Phi) is 5.26. The van der Waals surface area contributed by atoms with Gasteiger partial charge in [0.05, 0.1) is 12.8 Å². The summed E-state index contributed by atoms with van der Waals surface area (Å²) in [6.45, 7) is 0. The average Bonchev–Trinajstić information content (AvgIpc) is 3.02. The number of benzene rings is 1. The van der Waals surface area contributed by atoms with Gasteiger partial charge in [-0.2, -0.15) is 11.3 Å². The third kappa shape index (κ3) is 4.42. The van der Waals surface area contributed by atoms with Crippen LogP contribution < -0.4 is 10.6 Å². The fraction of sp³-hybridized carbons (Fsp3) is 0.0667. The van der Waals surface area contributed by atoms with Crippen LogP contribution in [0.25, 0.3) is 6.08 Å². The third-order valence-corrected chi connectivity index (χ3v) is 3.33. The Hall–Kier alpha value is -2.67. The van der Waals surface area contributed by atoms with Crippen LogP contribution in [0.1, 0.15) is 5.56 Å². The lowest BCUT2D eigenvalue weighted by molar-refractivity contribution is -0.111. The molecule has 22 heavy (non-hydrogen) atoms. The monoisotopic (exact) mass is 320 g/mol. The summed E-state index contributed by atoms with van der Waals surface area (Å²) in [6.07, 6.45) is 2.25. The number of carbonyl (C=O) groups is 2. The highest BCUT2D eigenvalue weighted by Gasteiger charge is 2.08. The molecule has 0 aliphatic heterocycles. The zero-order valence-electron chi connectivity index (χ0n) is 11.6. The Balaban J connectivity index is 2.04. The van der Waals surface area contributed by atoms with E-state index in [0.29, 0.717) is 5.69 Å².